The van der Waals surface area contributed by atoms with Gasteiger partial charge in [0.1, 0.15) is 0 Å². The van der Waals surface area contributed by atoms with E-state index in [2.05, 4.69) is 18.8 Å². The van der Waals surface area contributed by atoms with Gasteiger partial charge in [0.2, 0.25) is 0 Å². The largest absolute Gasteiger partial charge is 0.396 e. The topological polar surface area (TPSA) is 32.3 Å². The van der Waals surface area contributed by atoms with E-state index < -0.39 is 0 Å². The molecule has 1 atom stereocenters. The quantitative estimate of drug-likeness (QED) is 0.430. The molecule has 0 rings (SSSR count). The summed E-state index contributed by atoms with van der Waals surface area (Å²) in [6, 6.07) is 0.284. The van der Waals surface area contributed by atoms with Crippen LogP contribution in [0.15, 0.2) is 12.7 Å². The molecule has 0 fully saturated rings. The molecular formula is C10H21NO. The molecule has 0 aromatic rings. The van der Waals surface area contributed by atoms with E-state index in [9.17, 15) is 0 Å². The Bertz CT molecular complexity index is 104. The fourth-order valence-corrected chi connectivity index (χ4v) is 1.10. The molecular weight excluding hydrogens is 150 g/mol. The lowest BCUT2D eigenvalue weighted by atomic mass is 10.2. The Labute approximate surface area is 75.7 Å². The molecule has 0 radical (unpaired) electrons. The Balaban J connectivity index is 3.25. The van der Waals surface area contributed by atoms with Crippen molar-refractivity contribution >= 4 is 0 Å². The van der Waals surface area contributed by atoms with Crippen LogP contribution in [-0.2, 0) is 0 Å². The highest BCUT2D eigenvalue weighted by molar-refractivity contribution is 4.84. The van der Waals surface area contributed by atoms with Gasteiger partial charge in [0.05, 0.1) is 0 Å². The highest BCUT2D eigenvalue weighted by Crippen LogP contribution is 1.95. The van der Waals surface area contributed by atoms with E-state index in [1.807, 2.05) is 6.08 Å². The number of rotatable bonds is 8. The average molecular weight is 171 g/mol. The van der Waals surface area contributed by atoms with Crippen molar-refractivity contribution in [2.75, 3.05) is 13.2 Å². The number of hydrogen-bond acceptors (Lipinski definition) is 2. The predicted octanol–water partition coefficient (Wildman–Crippen LogP) is 1.70. The van der Waals surface area contributed by atoms with Crippen LogP contribution in [0.5, 0.6) is 0 Å². The average Bonchev–Trinajstić information content (AvgIpc) is 2.10. The number of nitrogens with one attached hydrogen (secondary N) is 1. The van der Waals surface area contributed by atoms with Gasteiger partial charge in [-0.2, -0.15) is 0 Å². The van der Waals surface area contributed by atoms with Crippen molar-refractivity contribution in [1.82, 2.24) is 5.32 Å². The monoisotopic (exact) mass is 171 g/mol. The van der Waals surface area contributed by atoms with E-state index in [1.54, 1.807) is 0 Å². The van der Waals surface area contributed by atoms with Gasteiger partial charge in [0, 0.05) is 12.6 Å². The Kier molecular flexibility index (Phi) is 8.51. The molecule has 2 heteroatoms. The van der Waals surface area contributed by atoms with Gasteiger partial charge in [0.15, 0.2) is 0 Å². The molecule has 0 amide bonds. The Morgan fingerprint density at radius 1 is 1.50 bits per heavy atom. The zero-order chi connectivity index (χ0) is 9.23. The summed E-state index contributed by atoms with van der Waals surface area (Å²) in [6.45, 7) is 7.16. The second-order valence-corrected chi connectivity index (χ2v) is 3.02. The number of hydrogen-bond donors (Lipinski definition) is 2. The fourth-order valence-electron chi connectivity index (χ4n) is 1.10. The van der Waals surface area contributed by atoms with Gasteiger partial charge in [-0.25, -0.2) is 0 Å². The van der Waals surface area contributed by atoms with E-state index >= 15 is 0 Å². The van der Waals surface area contributed by atoms with Crippen LogP contribution in [-0.4, -0.2) is 24.3 Å². The van der Waals surface area contributed by atoms with Crippen LogP contribution < -0.4 is 5.32 Å². The third-order valence-corrected chi connectivity index (χ3v) is 1.91. The summed E-state index contributed by atoms with van der Waals surface area (Å²) in [5.74, 6) is 0. The van der Waals surface area contributed by atoms with E-state index in [1.165, 1.54) is 19.3 Å². The van der Waals surface area contributed by atoms with Crippen molar-refractivity contribution in [2.45, 2.75) is 38.6 Å². The van der Waals surface area contributed by atoms with Gasteiger partial charge in [-0.3, -0.25) is 0 Å². The molecule has 0 aliphatic heterocycles. The van der Waals surface area contributed by atoms with Crippen molar-refractivity contribution in [1.29, 1.82) is 0 Å². The van der Waals surface area contributed by atoms with Crippen LogP contribution in [0.2, 0.25) is 0 Å². The molecule has 0 aromatic heterocycles. The molecule has 0 saturated carbocycles. The van der Waals surface area contributed by atoms with Gasteiger partial charge < -0.3 is 10.4 Å². The van der Waals surface area contributed by atoms with Crippen molar-refractivity contribution < 1.29 is 5.11 Å². The third kappa shape index (κ3) is 6.38. The highest BCUT2D eigenvalue weighted by Gasteiger charge is 2.00. The van der Waals surface area contributed by atoms with Gasteiger partial charge in [-0.05, 0) is 19.4 Å². The lowest BCUT2D eigenvalue weighted by Gasteiger charge is -2.12. The minimum Gasteiger partial charge on any atom is -0.396 e. The van der Waals surface area contributed by atoms with Gasteiger partial charge in [-0.1, -0.05) is 25.8 Å². The maximum atomic E-state index is 8.68. The van der Waals surface area contributed by atoms with Crippen molar-refractivity contribution in [2.24, 2.45) is 0 Å². The lowest BCUT2D eigenvalue weighted by Crippen LogP contribution is -2.28. The molecule has 0 aliphatic carbocycles. The molecule has 2 nitrogen and oxygen atoms in total. The smallest absolute Gasteiger partial charge is 0.0448 e. The van der Waals surface area contributed by atoms with Gasteiger partial charge in [-0.15, -0.1) is 6.58 Å². The molecule has 0 saturated heterocycles. The standard InChI is InChI=1S/C10H21NO/c1-3-5-6-8-11-10(4-2)7-9-12/h4,10-12H,2-3,5-9H2,1H3. The summed E-state index contributed by atoms with van der Waals surface area (Å²) < 4.78 is 0. The van der Waals surface area contributed by atoms with Crippen LogP contribution in [0.1, 0.15) is 32.6 Å². The first-order chi connectivity index (χ1) is 5.85. The summed E-state index contributed by atoms with van der Waals surface area (Å²) in [6.07, 6.45) is 6.38. The molecule has 0 bridgehead atoms. The van der Waals surface area contributed by atoms with Crippen LogP contribution in [0.4, 0.5) is 0 Å². The SMILES string of the molecule is C=CC(CCO)NCCCCC. The van der Waals surface area contributed by atoms with Gasteiger partial charge in [0.25, 0.3) is 0 Å². The Morgan fingerprint density at radius 3 is 2.75 bits per heavy atom. The second kappa shape index (κ2) is 8.75. The van der Waals surface area contributed by atoms with Gasteiger partial charge >= 0.3 is 0 Å². The minimum atomic E-state index is 0.234. The Morgan fingerprint density at radius 2 is 2.25 bits per heavy atom. The molecule has 2 N–H and O–H groups in total. The van der Waals surface area contributed by atoms with Crippen LogP contribution in [0, 0.1) is 0 Å². The Hall–Kier alpha value is -0.340. The second-order valence-electron chi connectivity index (χ2n) is 3.02. The van der Waals surface area contributed by atoms with Crippen LogP contribution in [0.25, 0.3) is 0 Å². The van der Waals surface area contributed by atoms with E-state index in [0.29, 0.717) is 0 Å². The number of unbranched alkanes of at least 4 members (excludes halogenated alkanes) is 2. The van der Waals surface area contributed by atoms with Crippen molar-refractivity contribution in [3.63, 3.8) is 0 Å². The van der Waals surface area contributed by atoms with Crippen molar-refractivity contribution in [3.05, 3.63) is 12.7 Å². The predicted molar refractivity (Wildman–Crippen MR) is 53.2 cm³/mol. The first-order valence-corrected chi connectivity index (χ1v) is 4.82. The first kappa shape index (κ1) is 11.7. The molecule has 0 aromatic carbocycles. The maximum absolute atomic E-state index is 8.68. The first-order valence-electron chi connectivity index (χ1n) is 4.82. The summed E-state index contributed by atoms with van der Waals surface area (Å²) >= 11 is 0. The minimum absolute atomic E-state index is 0.234. The maximum Gasteiger partial charge on any atom is 0.0448 e. The molecule has 72 valence electrons. The summed E-state index contributed by atoms with van der Waals surface area (Å²) in [4.78, 5) is 0. The molecule has 12 heavy (non-hydrogen) atoms. The lowest BCUT2D eigenvalue weighted by molar-refractivity contribution is 0.275. The molecule has 0 heterocycles. The normalized spacial score (nSPS) is 12.8. The summed E-state index contributed by atoms with van der Waals surface area (Å²) in [7, 11) is 0. The molecule has 1 unspecified atom stereocenters. The number of aliphatic hydroxyl groups is 1. The third-order valence-electron chi connectivity index (χ3n) is 1.91. The fraction of sp³-hybridized carbons (Fsp3) is 0.800. The summed E-state index contributed by atoms with van der Waals surface area (Å²) in [5.41, 5.74) is 0. The number of aliphatic hydroxyl groups excluding tert-OH is 1. The molecule has 0 spiro atoms. The zero-order valence-corrected chi connectivity index (χ0v) is 8.05. The van der Waals surface area contributed by atoms with Crippen LogP contribution >= 0.6 is 0 Å². The summed E-state index contributed by atoms with van der Waals surface area (Å²) in [5, 5.41) is 12.0. The highest BCUT2D eigenvalue weighted by atomic mass is 16.3. The van der Waals surface area contributed by atoms with E-state index in [0.717, 1.165) is 13.0 Å². The van der Waals surface area contributed by atoms with Crippen LogP contribution in [0.3, 0.4) is 0 Å². The van der Waals surface area contributed by atoms with Crippen molar-refractivity contribution in [3.8, 4) is 0 Å². The van der Waals surface area contributed by atoms with E-state index in [4.69, 9.17) is 5.11 Å². The van der Waals surface area contributed by atoms with E-state index in [-0.39, 0.29) is 12.6 Å². The zero-order valence-electron chi connectivity index (χ0n) is 8.05. The molecule has 0 aliphatic rings.